The van der Waals surface area contributed by atoms with Gasteiger partial charge in [-0.05, 0) is 18.6 Å². The van der Waals surface area contributed by atoms with E-state index < -0.39 is 5.97 Å². The third kappa shape index (κ3) is 2.91. The van der Waals surface area contributed by atoms with Gasteiger partial charge in [0.05, 0.1) is 24.7 Å². The number of nitrogens with zero attached hydrogens (tertiary/aromatic N) is 2. The average molecular weight is 272 g/mol. The van der Waals surface area contributed by atoms with Crippen molar-refractivity contribution in [2.75, 3.05) is 7.11 Å². The number of fused-ring (bicyclic) bond motifs is 1. The molecule has 0 fully saturated rings. The Hall–Kier alpha value is -2.48. The van der Waals surface area contributed by atoms with Gasteiger partial charge in [0.2, 0.25) is 0 Å². The molecule has 1 aromatic heterocycles. The number of ether oxygens (including phenoxy) is 1. The van der Waals surface area contributed by atoms with E-state index in [1.807, 2.05) is 22.8 Å². The van der Waals surface area contributed by atoms with E-state index in [4.69, 9.17) is 16.3 Å². The monoisotopic (exact) mass is 272 g/mol. The van der Waals surface area contributed by atoms with Crippen molar-refractivity contribution >= 4 is 17.0 Å². The fourth-order valence-corrected chi connectivity index (χ4v) is 2.14. The fraction of sp³-hybridized carbons (Fsp3) is 0.333. The fourth-order valence-electron chi connectivity index (χ4n) is 2.14. The summed E-state index contributed by atoms with van der Waals surface area (Å²) in [6.07, 6.45) is 6.65. The van der Waals surface area contributed by atoms with E-state index in [2.05, 4.69) is 10.9 Å². The number of carboxylic acids is 1. The molecular weight excluding hydrogens is 256 g/mol. The first kappa shape index (κ1) is 13.9. The van der Waals surface area contributed by atoms with Gasteiger partial charge >= 0.3 is 5.97 Å². The molecule has 0 aliphatic rings. The number of carboxylic acid groups (broad SMARTS) is 1. The van der Waals surface area contributed by atoms with Crippen LogP contribution in [0.15, 0.2) is 18.2 Å². The van der Waals surface area contributed by atoms with Crippen molar-refractivity contribution in [2.24, 2.45) is 0 Å². The van der Waals surface area contributed by atoms with E-state index in [-0.39, 0.29) is 6.42 Å². The highest BCUT2D eigenvalue weighted by atomic mass is 16.5. The van der Waals surface area contributed by atoms with Crippen LogP contribution in [0.25, 0.3) is 11.0 Å². The lowest BCUT2D eigenvalue weighted by Gasteiger charge is -2.05. The molecule has 0 unspecified atom stereocenters. The summed E-state index contributed by atoms with van der Waals surface area (Å²) >= 11 is 0. The predicted octanol–water partition coefficient (Wildman–Crippen LogP) is 2.09. The van der Waals surface area contributed by atoms with Crippen molar-refractivity contribution in [3.63, 3.8) is 0 Å². The molecule has 0 radical (unpaired) electrons. The number of benzene rings is 1. The van der Waals surface area contributed by atoms with Gasteiger partial charge in [-0.15, -0.1) is 6.42 Å². The molecule has 2 aromatic rings. The molecule has 0 bridgehead atoms. The molecule has 2 rings (SSSR count). The highest BCUT2D eigenvalue weighted by Crippen LogP contribution is 2.22. The SMILES string of the molecule is C#CCn1c(CCCC(=O)O)nc2cc(OC)ccc21. The number of imidazole rings is 1. The van der Waals surface area contributed by atoms with E-state index in [1.54, 1.807) is 7.11 Å². The molecule has 0 aliphatic carbocycles. The Morgan fingerprint density at radius 3 is 3.00 bits per heavy atom. The third-order valence-electron chi connectivity index (χ3n) is 3.07. The summed E-state index contributed by atoms with van der Waals surface area (Å²) in [4.78, 5) is 15.1. The predicted molar refractivity (Wildman–Crippen MR) is 75.7 cm³/mol. The Morgan fingerprint density at radius 2 is 2.35 bits per heavy atom. The topological polar surface area (TPSA) is 64.4 Å². The second-order valence-electron chi connectivity index (χ2n) is 4.42. The zero-order chi connectivity index (χ0) is 14.5. The zero-order valence-electron chi connectivity index (χ0n) is 11.3. The Morgan fingerprint density at radius 1 is 1.55 bits per heavy atom. The molecule has 5 heteroatoms. The molecule has 0 spiro atoms. The smallest absolute Gasteiger partial charge is 0.303 e. The van der Waals surface area contributed by atoms with Crippen LogP contribution in [0.2, 0.25) is 0 Å². The minimum Gasteiger partial charge on any atom is -0.497 e. The molecule has 5 nitrogen and oxygen atoms in total. The van der Waals surface area contributed by atoms with Crippen molar-refractivity contribution < 1.29 is 14.6 Å². The van der Waals surface area contributed by atoms with Gasteiger partial charge in [-0.1, -0.05) is 5.92 Å². The van der Waals surface area contributed by atoms with Crippen LogP contribution in [0.3, 0.4) is 0 Å². The normalized spacial score (nSPS) is 10.4. The van der Waals surface area contributed by atoms with E-state index in [1.165, 1.54) is 0 Å². The number of hydrogen-bond donors (Lipinski definition) is 1. The largest absolute Gasteiger partial charge is 0.497 e. The maximum atomic E-state index is 10.6. The zero-order valence-corrected chi connectivity index (χ0v) is 11.3. The molecule has 0 saturated heterocycles. The van der Waals surface area contributed by atoms with Gasteiger partial charge in [0.1, 0.15) is 11.6 Å². The van der Waals surface area contributed by atoms with Crippen molar-refractivity contribution in [1.29, 1.82) is 0 Å². The maximum Gasteiger partial charge on any atom is 0.303 e. The summed E-state index contributed by atoms with van der Waals surface area (Å²) in [5.41, 5.74) is 1.75. The molecule has 0 aliphatic heterocycles. The van der Waals surface area contributed by atoms with Gasteiger partial charge in [0.25, 0.3) is 0 Å². The number of aliphatic carboxylic acids is 1. The summed E-state index contributed by atoms with van der Waals surface area (Å²) in [5, 5.41) is 8.70. The van der Waals surface area contributed by atoms with Crippen LogP contribution in [0.4, 0.5) is 0 Å². The molecular formula is C15H16N2O3. The summed E-state index contributed by atoms with van der Waals surface area (Å²) in [6, 6.07) is 5.63. The van der Waals surface area contributed by atoms with Gasteiger partial charge in [0, 0.05) is 18.9 Å². The quantitative estimate of drug-likeness (QED) is 0.818. The summed E-state index contributed by atoms with van der Waals surface area (Å²) in [6.45, 7) is 0.422. The molecule has 0 amide bonds. The number of carbonyl (C=O) groups is 1. The lowest BCUT2D eigenvalue weighted by molar-refractivity contribution is -0.137. The number of aryl methyl sites for hydroxylation is 1. The van der Waals surface area contributed by atoms with Crippen LogP contribution in [-0.2, 0) is 17.8 Å². The van der Waals surface area contributed by atoms with Crippen LogP contribution in [0.5, 0.6) is 5.75 Å². The van der Waals surface area contributed by atoms with E-state index >= 15 is 0 Å². The first-order chi connectivity index (χ1) is 9.65. The summed E-state index contributed by atoms with van der Waals surface area (Å²) < 4.78 is 7.12. The van der Waals surface area contributed by atoms with E-state index in [9.17, 15) is 4.79 Å². The van der Waals surface area contributed by atoms with Crippen molar-refractivity contribution in [3.05, 3.63) is 24.0 Å². The first-order valence-electron chi connectivity index (χ1n) is 6.34. The first-order valence-corrected chi connectivity index (χ1v) is 6.34. The van der Waals surface area contributed by atoms with E-state index in [0.717, 1.165) is 22.6 Å². The molecule has 1 N–H and O–H groups in total. The van der Waals surface area contributed by atoms with E-state index in [0.29, 0.717) is 19.4 Å². The van der Waals surface area contributed by atoms with Crippen molar-refractivity contribution in [3.8, 4) is 18.1 Å². The molecule has 1 heterocycles. The Balaban J connectivity index is 2.34. The van der Waals surface area contributed by atoms with Crippen molar-refractivity contribution in [1.82, 2.24) is 9.55 Å². The lowest BCUT2D eigenvalue weighted by Crippen LogP contribution is -2.04. The second kappa shape index (κ2) is 6.11. The van der Waals surface area contributed by atoms with Crippen LogP contribution >= 0.6 is 0 Å². The molecule has 1 aromatic carbocycles. The molecule has 20 heavy (non-hydrogen) atoms. The van der Waals surface area contributed by atoms with Crippen LogP contribution < -0.4 is 4.74 Å². The third-order valence-corrected chi connectivity index (χ3v) is 3.07. The van der Waals surface area contributed by atoms with Crippen LogP contribution in [0, 0.1) is 12.3 Å². The minimum absolute atomic E-state index is 0.128. The lowest BCUT2D eigenvalue weighted by atomic mass is 10.2. The average Bonchev–Trinajstić information content (AvgIpc) is 2.76. The number of terminal acetylenes is 1. The van der Waals surface area contributed by atoms with Crippen LogP contribution in [0.1, 0.15) is 18.7 Å². The number of hydrogen-bond acceptors (Lipinski definition) is 3. The molecule has 0 saturated carbocycles. The van der Waals surface area contributed by atoms with Gasteiger partial charge in [-0.25, -0.2) is 4.98 Å². The number of methoxy groups -OCH3 is 1. The van der Waals surface area contributed by atoms with Crippen molar-refractivity contribution in [2.45, 2.75) is 25.8 Å². The van der Waals surface area contributed by atoms with Gasteiger partial charge in [-0.3, -0.25) is 4.79 Å². The molecule has 0 atom stereocenters. The highest BCUT2D eigenvalue weighted by molar-refractivity contribution is 5.78. The number of aromatic nitrogens is 2. The Bertz CT molecular complexity index is 668. The maximum absolute atomic E-state index is 10.6. The minimum atomic E-state index is -0.800. The second-order valence-corrected chi connectivity index (χ2v) is 4.42. The summed E-state index contributed by atoms with van der Waals surface area (Å²) in [7, 11) is 1.60. The van der Waals surface area contributed by atoms with Gasteiger partial charge in [-0.2, -0.15) is 0 Å². The van der Waals surface area contributed by atoms with Crippen LogP contribution in [-0.4, -0.2) is 27.7 Å². The van der Waals surface area contributed by atoms with Gasteiger partial charge < -0.3 is 14.4 Å². The Labute approximate surface area is 117 Å². The molecule has 104 valence electrons. The standard InChI is InChI=1S/C15H16N2O3/c1-3-9-17-13-8-7-11(20-2)10-12(13)16-14(17)5-4-6-15(18)19/h1,7-8,10H,4-6,9H2,2H3,(H,18,19). The summed E-state index contributed by atoms with van der Waals surface area (Å²) in [5.74, 6) is 3.35. The number of rotatable bonds is 6. The highest BCUT2D eigenvalue weighted by Gasteiger charge is 2.11. The Kier molecular flexibility index (Phi) is 4.26. The van der Waals surface area contributed by atoms with Gasteiger partial charge in [0.15, 0.2) is 0 Å².